The minimum atomic E-state index is -1.79. The SMILES string of the molecule is CC1(C)[C@@H]2C[C@H]3O[B-]([C@H](Cl)Cc4ccccc4)(N([Si](C)(C)C)[Si](C)(C)C)O[C@@]3(C)[C@H]1C2. The highest BCUT2D eigenvalue weighted by Crippen LogP contribution is 2.67. The van der Waals surface area contributed by atoms with Crippen LogP contribution in [0.25, 0.3) is 0 Å². The molecule has 5 rings (SSSR count). The third-order valence-corrected chi connectivity index (χ3v) is 16.7. The maximum Gasteiger partial charge on any atom is 0.323 e. The van der Waals surface area contributed by atoms with Gasteiger partial charge in [-0.3, -0.25) is 0 Å². The molecule has 0 N–H and O–H groups in total. The van der Waals surface area contributed by atoms with Gasteiger partial charge in [0.05, 0.1) is 16.5 Å². The van der Waals surface area contributed by atoms with Crippen LogP contribution in [-0.2, 0) is 15.7 Å². The van der Waals surface area contributed by atoms with Crippen LogP contribution in [0.5, 0.6) is 0 Å². The zero-order valence-corrected chi connectivity index (χ0v) is 23.8. The predicted octanol–water partition coefficient (Wildman–Crippen LogP) is 6.53. The highest BCUT2D eigenvalue weighted by atomic mass is 35.5. The number of hydrogen-bond acceptors (Lipinski definition) is 3. The number of alkyl halides is 1. The minimum absolute atomic E-state index is 0.150. The third kappa shape index (κ3) is 3.74. The number of halogens is 1. The molecule has 1 aliphatic heterocycles. The predicted molar refractivity (Wildman–Crippen MR) is 138 cm³/mol. The maximum atomic E-state index is 7.43. The first-order chi connectivity index (χ1) is 14.1. The molecular formula is C24H42BClNO2Si2-. The molecule has 31 heavy (non-hydrogen) atoms. The fourth-order valence-electron chi connectivity index (χ4n) is 7.59. The average molecular weight is 479 g/mol. The maximum absolute atomic E-state index is 7.43. The van der Waals surface area contributed by atoms with Crippen LogP contribution < -0.4 is 0 Å². The molecule has 7 heteroatoms. The highest BCUT2D eigenvalue weighted by molar-refractivity contribution is 7.03. The summed E-state index contributed by atoms with van der Waals surface area (Å²) in [6, 6.07) is 10.6. The lowest BCUT2D eigenvalue weighted by molar-refractivity contribution is -0.199. The summed E-state index contributed by atoms with van der Waals surface area (Å²) >= 11 is 7.43. The summed E-state index contributed by atoms with van der Waals surface area (Å²) in [6.07, 6.45) is 3.29. The lowest BCUT2D eigenvalue weighted by Gasteiger charge is -2.66. The molecule has 1 aromatic carbocycles. The Balaban J connectivity index is 1.79. The van der Waals surface area contributed by atoms with Crippen LogP contribution in [0.4, 0.5) is 0 Å². The van der Waals surface area contributed by atoms with E-state index in [1.807, 2.05) is 0 Å². The molecule has 2 bridgehead atoms. The van der Waals surface area contributed by atoms with Crippen molar-refractivity contribution in [3.05, 3.63) is 35.9 Å². The first-order valence-electron chi connectivity index (χ1n) is 12.1. The Bertz CT molecular complexity index is 813. The largest absolute Gasteiger partial charge is 0.550 e. The van der Waals surface area contributed by atoms with Gasteiger partial charge in [-0.05, 0) is 54.3 Å². The quantitative estimate of drug-likeness (QED) is 0.343. The Kier molecular flexibility index (Phi) is 5.77. The summed E-state index contributed by atoms with van der Waals surface area (Å²) in [7, 11) is -3.58. The number of benzene rings is 1. The monoisotopic (exact) mass is 478 g/mol. The van der Waals surface area contributed by atoms with E-state index in [0.717, 1.165) is 18.8 Å². The molecule has 1 unspecified atom stereocenters. The van der Waals surface area contributed by atoms with Gasteiger partial charge in [0.25, 0.3) is 0 Å². The van der Waals surface area contributed by atoms with E-state index in [0.29, 0.717) is 11.3 Å². The Morgan fingerprint density at radius 3 is 2.13 bits per heavy atom. The molecule has 0 aromatic heterocycles. The molecule has 174 valence electrons. The van der Waals surface area contributed by atoms with Crippen LogP contribution in [0.1, 0.15) is 39.2 Å². The van der Waals surface area contributed by atoms with Crippen LogP contribution >= 0.6 is 11.6 Å². The standard InChI is InChI=1S/C24H42BClNO2Si2/c1-23(2)19-16-20(23)24(3)21(17-19)28-25(29-24,27(30(4,5)6)31(7,8)9)22(26)15-18-13-11-10-12-14-18/h10-14,19-22H,15-17H2,1-9H3/q-1/t19-,20-,21+,22+,24-,25?/m0/s1. The molecule has 1 saturated heterocycles. The smallest absolute Gasteiger partial charge is 0.323 e. The van der Waals surface area contributed by atoms with Gasteiger partial charge in [-0.15, -0.1) is 0 Å². The van der Waals surface area contributed by atoms with Crippen molar-refractivity contribution in [2.75, 3.05) is 0 Å². The molecule has 1 heterocycles. The number of nitrogens with zero attached hydrogens (tertiary/aromatic N) is 1. The van der Waals surface area contributed by atoms with Crippen molar-refractivity contribution in [1.82, 2.24) is 4.14 Å². The first-order valence-corrected chi connectivity index (χ1v) is 19.5. The summed E-state index contributed by atoms with van der Waals surface area (Å²) in [4.78, 5) is 0. The molecule has 3 aliphatic carbocycles. The van der Waals surface area contributed by atoms with Crippen molar-refractivity contribution < 1.29 is 9.31 Å². The van der Waals surface area contributed by atoms with E-state index in [9.17, 15) is 0 Å². The lowest BCUT2D eigenvalue weighted by atomic mass is 9.43. The van der Waals surface area contributed by atoms with Gasteiger partial charge in [0.1, 0.15) is 0 Å². The van der Waals surface area contributed by atoms with E-state index in [1.54, 1.807) is 0 Å². The number of rotatable bonds is 6. The van der Waals surface area contributed by atoms with Crippen molar-refractivity contribution in [2.45, 2.75) is 96.3 Å². The highest BCUT2D eigenvalue weighted by Gasteiger charge is 2.69. The van der Waals surface area contributed by atoms with Gasteiger partial charge >= 0.3 is 6.69 Å². The van der Waals surface area contributed by atoms with Gasteiger partial charge in [0.15, 0.2) is 0 Å². The molecule has 3 saturated carbocycles. The van der Waals surface area contributed by atoms with Gasteiger partial charge in [-0.1, -0.05) is 83.5 Å². The summed E-state index contributed by atoms with van der Waals surface area (Å²) < 4.78 is 17.3. The Labute approximate surface area is 197 Å². The van der Waals surface area contributed by atoms with E-state index < -0.39 is 23.2 Å². The van der Waals surface area contributed by atoms with Crippen LogP contribution in [0.3, 0.4) is 0 Å². The molecular weight excluding hydrogens is 437 g/mol. The van der Waals surface area contributed by atoms with Crippen LogP contribution in [-0.4, -0.2) is 44.3 Å². The van der Waals surface area contributed by atoms with Crippen LogP contribution in [0, 0.1) is 17.3 Å². The molecule has 3 nitrogen and oxygen atoms in total. The van der Waals surface area contributed by atoms with E-state index in [2.05, 4.69) is 94.5 Å². The molecule has 4 fully saturated rings. The molecule has 0 radical (unpaired) electrons. The van der Waals surface area contributed by atoms with E-state index in [-0.39, 0.29) is 17.0 Å². The number of hydrogen-bond donors (Lipinski definition) is 0. The van der Waals surface area contributed by atoms with Crippen molar-refractivity contribution >= 4 is 34.8 Å². The zero-order valence-electron chi connectivity index (χ0n) is 21.0. The van der Waals surface area contributed by atoms with Crippen molar-refractivity contribution in [3.8, 4) is 0 Å². The van der Waals surface area contributed by atoms with Crippen molar-refractivity contribution in [1.29, 1.82) is 0 Å². The van der Waals surface area contributed by atoms with Crippen molar-refractivity contribution in [3.63, 3.8) is 0 Å². The van der Waals surface area contributed by atoms with Gasteiger partial charge in [0.2, 0.25) is 0 Å². The van der Waals surface area contributed by atoms with E-state index >= 15 is 0 Å². The van der Waals surface area contributed by atoms with E-state index in [4.69, 9.17) is 20.9 Å². The first kappa shape index (κ1) is 24.0. The van der Waals surface area contributed by atoms with Gasteiger partial charge in [-0.2, -0.15) is 11.6 Å². The fraction of sp³-hybridized carbons (Fsp3) is 0.750. The van der Waals surface area contributed by atoms with Crippen LogP contribution in [0.15, 0.2) is 30.3 Å². The van der Waals surface area contributed by atoms with Gasteiger partial charge < -0.3 is 13.5 Å². The second-order valence-electron chi connectivity index (χ2n) is 13.1. The molecule has 6 atom stereocenters. The van der Waals surface area contributed by atoms with Crippen molar-refractivity contribution in [2.24, 2.45) is 17.3 Å². The second-order valence-corrected chi connectivity index (χ2v) is 23.8. The second kappa shape index (κ2) is 7.44. The average Bonchev–Trinajstić information content (AvgIpc) is 2.92. The van der Waals surface area contributed by atoms with Gasteiger partial charge in [-0.25, -0.2) is 0 Å². The summed E-state index contributed by atoms with van der Waals surface area (Å²) in [5, 5.41) is -0.205. The molecule has 1 aromatic rings. The zero-order chi connectivity index (χ0) is 23.0. The topological polar surface area (TPSA) is 21.7 Å². The lowest BCUT2D eigenvalue weighted by Crippen LogP contribution is -2.77. The molecule has 0 amide bonds. The fourth-order valence-corrected chi connectivity index (χ4v) is 19.0. The normalized spacial score (nSPS) is 38.0. The molecule has 0 spiro atoms. The summed E-state index contributed by atoms with van der Waals surface area (Å²) in [5.41, 5.74) is 1.33. The molecule has 4 aliphatic rings. The van der Waals surface area contributed by atoms with E-state index in [1.165, 1.54) is 12.0 Å². The third-order valence-electron chi connectivity index (χ3n) is 8.62. The Morgan fingerprint density at radius 2 is 1.61 bits per heavy atom. The minimum Gasteiger partial charge on any atom is -0.550 e. The Morgan fingerprint density at radius 1 is 1.03 bits per heavy atom. The summed E-state index contributed by atoms with van der Waals surface area (Å²) in [6.45, 7) is 20.0. The van der Waals surface area contributed by atoms with Gasteiger partial charge in [0, 0.05) is 11.7 Å². The Hall–Kier alpha value is -0.111. The van der Waals surface area contributed by atoms with Crippen LogP contribution in [0.2, 0.25) is 39.3 Å². The summed E-state index contributed by atoms with van der Waals surface area (Å²) in [5.74, 6) is 1.28.